The number of rotatable bonds is 5. The summed E-state index contributed by atoms with van der Waals surface area (Å²) in [4.78, 5) is 1.72. The molecule has 0 radical (unpaired) electrons. The first kappa shape index (κ1) is 20.4. The highest BCUT2D eigenvalue weighted by Gasteiger charge is 2.36. The molecule has 0 amide bonds. The van der Waals surface area contributed by atoms with Gasteiger partial charge in [0, 0.05) is 19.2 Å². The largest absolute Gasteiger partial charge is 0.488 e. The minimum atomic E-state index is -4.64. The van der Waals surface area contributed by atoms with Crippen LogP contribution in [-0.4, -0.2) is 39.6 Å². The van der Waals surface area contributed by atoms with E-state index in [1.807, 2.05) is 11.9 Å². The van der Waals surface area contributed by atoms with Gasteiger partial charge in [0.15, 0.2) is 0 Å². The maximum absolute atomic E-state index is 13.3. The molecular formula is C18H18F4N2O3S. The van der Waals surface area contributed by atoms with Crippen molar-refractivity contribution in [1.82, 2.24) is 4.90 Å². The number of hydrogen-bond acceptors (Lipinski definition) is 4. The van der Waals surface area contributed by atoms with Gasteiger partial charge in [-0.1, -0.05) is 0 Å². The van der Waals surface area contributed by atoms with E-state index in [2.05, 4.69) is 4.72 Å². The van der Waals surface area contributed by atoms with Crippen molar-refractivity contribution < 1.29 is 30.7 Å². The van der Waals surface area contributed by atoms with Gasteiger partial charge in [0.1, 0.15) is 17.7 Å². The van der Waals surface area contributed by atoms with Crippen LogP contribution in [0.25, 0.3) is 0 Å². The van der Waals surface area contributed by atoms with Crippen molar-refractivity contribution in [3.05, 3.63) is 53.8 Å². The second-order valence-electron chi connectivity index (χ2n) is 6.56. The molecule has 0 aromatic heterocycles. The van der Waals surface area contributed by atoms with Crippen LogP contribution < -0.4 is 9.46 Å². The molecule has 0 unspecified atom stereocenters. The van der Waals surface area contributed by atoms with Crippen LogP contribution >= 0.6 is 0 Å². The molecule has 5 nitrogen and oxygen atoms in total. The number of benzene rings is 2. The van der Waals surface area contributed by atoms with Gasteiger partial charge >= 0.3 is 6.18 Å². The summed E-state index contributed by atoms with van der Waals surface area (Å²) in [6.45, 7) is 1.17. The number of nitrogens with one attached hydrogen (secondary N) is 1. The molecule has 0 bridgehead atoms. The molecule has 2 aromatic carbocycles. The highest BCUT2D eigenvalue weighted by molar-refractivity contribution is 7.92. The van der Waals surface area contributed by atoms with Crippen molar-refractivity contribution in [1.29, 1.82) is 0 Å². The molecule has 28 heavy (non-hydrogen) atoms. The van der Waals surface area contributed by atoms with Gasteiger partial charge < -0.3 is 9.64 Å². The Morgan fingerprint density at radius 1 is 1.14 bits per heavy atom. The Morgan fingerprint density at radius 2 is 1.82 bits per heavy atom. The van der Waals surface area contributed by atoms with Crippen LogP contribution in [0.2, 0.25) is 0 Å². The predicted octanol–water partition coefficient (Wildman–Crippen LogP) is 3.73. The molecule has 0 aliphatic carbocycles. The first-order chi connectivity index (χ1) is 13.0. The van der Waals surface area contributed by atoms with Crippen LogP contribution in [0.15, 0.2) is 47.4 Å². The quantitative estimate of drug-likeness (QED) is 0.752. The number of likely N-dealkylation sites (N-methyl/N-ethyl adjacent to an activating group) is 1. The molecule has 1 aliphatic heterocycles. The minimum Gasteiger partial charge on any atom is -0.488 e. The summed E-state index contributed by atoms with van der Waals surface area (Å²) >= 11 is 0. The third kappa shape index (κ3) is 4.74. The molecule has 1 N–H and O–H groups in total. The van der Waals surface area contributed by atoms with E-state index >= 15 is 0 Å². The van der Waals surface area contributed by atoms with E-state index in [-0.39, 0.29) is 10.6 Å². The Kier molecular flexibility index (Phi) is 5.53. The molecule has 3 rings (SSSR count). The van der Waals surface area contributed by atoms with E-state index in [9.17, 15) is 26.0 Å². The SMILES string of the molecule is CN1CC[C@@H](Oc2cc(NS(=O)(=O)c3ccc(F)cc3)ccc2C(F)(F)F)C1. The minimum absolute atomic E-state index is 0.0846. The Balaban J connectivity index is 1.89. The maximum Gasteiger partial charge on any atom is 0.419 e. The summed E-state index contributed by atoms with van der Waals surface area (Å²) in [5.74, 6) is -1.04. The number of alkyl halides is 3. The lowest BCUT2D eigenvalue weighted by atomic mass is 10.1. The fourth-order valence-corrected chi connectivity index (χ4v) is 3.97. The van der Waals surface area contributed by atoms with Gasteiger partial charge in [-0.2, -0.15) is 13.2 Å². The molecule has 1 saturated heterocycles. The van der Waals surface area contributed by atoms with E-state index < -0.39 is 39.4 Å². The summed E-state index contributed by atoms with van der Waals surface area (Å²) < 4.78 is 85.4. The zero-order valence-electron chi connectivity index (χ0n) is 14.8. The standard InChI is InChI=1S/C18H18F4N2O3S/c1-24-9-8-14(11-24)27-17-10-13(4-7-16(17)18(20,21)22)23-28(25,26)15-5-2-12(19)3-6-15/h2-7,10,14,23H,8-9,11H2,1H3/t14-/m1/s1. The number of anilines is 1. The monoisotopic (exact) mass is 418 g/mol. The first-order valence-corrected chi connectivity index (χ1v) is 9.88. The Bertz CT molecular complexity index is 946. The number of sulfonamides is 1. The van der Waals surface area contributed by atoms with Gasteiger partial charge in [0.05, 0.1) is 16.1 Å². The molecule has 152 valence electrons. The molecule has 2 aromatic rings. The van der Waals surface area contributed by atoms with E-state index in [1.165, 1.54) is 0 Å². The van der Waals surface area contributed by atoms with Gasteiger partial charge in [-0.05, 0) is 49.9 Å². The lowest BCUT2D eigenvalue weighted by molar-refractivity contribution is -0.139. The highest BCUT2D eigenvalue weighted by atomic mass is 32.2. The normalized spacial score (nSPS) is 18.2. The summed E-state index contributed by atoms with van der Waals surface area (Å²) in [5.41, 5.74) is -1.06. The van der Waals surface area contributed by atoms with Crippen molar-refractivity contribution in [3.63, 3.8) is 0 Å². The van der Waals surface area contributed by atoms with Gasteiger partial charge in [-0.25, -0.2) is 12.8 Å². The summed E-state index contributed by atoms with van der Waals surface area (Å²) in [7, 11) is -2.26. The third-order valence-electron chi connectivity index (χ3n) is 4.30. The summed E-state index contributed by atoms with van der Waals surface area (Å²) in [5, 5.41) is 0. The van der Waals surface area contributed by atoms with Crippen LogP contribution in [0.5, 0.6) is 5.75 Å². The topological polar surface area (TPSA) is 58.6 Å². The van der Waals surface area contributed by atoms with Crippen molar-refractivity contribution in [2.45, 2.75) is 23.6 Å². The van der Waals surface area contributed by atoms with Crippen LogP contribution in [0, 0.1) is 5.82 Å². The molecule has 0 saturated carbocycles. The van der Waals surface area contributed by atoms with E-state index in [0.29, 0.717) is 19.5 Å². The molecule has 0 spiro atoms. The Labute approximate surface area is 160 Å². The van der Waals surface area contributed by atoms with Gasteiger partial charge in [0.2, 0.25) is 0 Å². The summed E-state index contributed by atoms with van der Waals surface area (Å²) in [6.07, 6.45) is -4.50. The second kappa shape index (κ2) is 7.59. The molecule has 1 aliphatic rings. The fraction of sp³-hybridized carbons (Fsp3) is 0.333. The average molecular weight is 418 g/mol. The van der Waals surface area contributed by atoms with Crippen molar-refractivity contribution in [2.24, 2.45) is 0 Å². The van der Waals surface area contributed by atoms with Gasteiger partial charge in [-0.15, -0.1) is 0 Å². The number of halogens is 4. The molecule has 10 heteroatoms. The average Bonchev–Trinajstić information content (AvgIpc) is 2.99. The lowest BCUT2D eigenvalue weighted by Gasteiger charge is -2.19. The first-order valence-electron chi connectivity index (χ1n) is 8.39. The number of nitrogens with zero attached hydrogens (tertiary/aromatic N) is 1. The zero-order valence-corrected chi connectivity index (χ0v) is 15.6. The van der Waals surface area contributed by atoms with Crippen LogP contribution in [0.3, 0.4) is 0 Å². The van der Waals surface area contributed by atoms with E-state index in [4.69, 9.17) is 4.74 Å². The van der Waals surface area contributed by atoms with E-state index in [0.717, 1.165) is 42.5 Å². The van der Waals surface area contributed by atoms with Crippen molar-refractivity contribution in [3.8, 4) is 5.75 Å². The van der Waals surface area contributed by atoms with Crippen LogP contribution in [0.1, 0.15) is 12.0 Å². The predicted molar refractivity (Wildman–Crippen MR) is 95.2 cm³/mol. The fourth-order valence-electron chi connectivity index (χ4n) is 2.92. The Hall–Kier alpha value is -2.33. The van der Waals surface area contributed by atoms with Crippen LogP contribution in [-0.2, 0) is 16.2 Å². The van der Waals surface area contributed by atoms with Gasteiger partial charge in [0.25, 0.3) is 10.0 Å². The zero-order chi connectivity index (χ0) is 20.5. The lowest BCUT2D eigenvalue weighted by Crippen LogP contribution is -2.23. The highest BCUT2D eigenvalue weighted by Crippen LogP contribution is 2.39. The summed E-state index contributed by atoms with van der Waals surface area (Å²) in [6, 6.07) is 6.89. The van der Waals surface area contributed by atoms with Crippen molar-refractivity contribution in [2.75, 3.05) is 24.9 Å². The molecule has 1 fully saturated rings. The smallest absolute Gasteiger partial charge is 0.419 e. The molecule has 1 heterocycles. The third-order valence-corrected chi connectivity index (χ3v) is 5.70. The second-order valence-corrected chi connectivity index (χ2v) is 8.24. The van der Waals surface area contributed by atoms with E-state index in [1.54, 1.807) is 0 Å². The van der Waals surface area contributed by atoms with Gasteiger partial charge in [-0.3, -0.25) is 4.72 Å². The maximum atomic E-state index is 13.3. The molecular weight excluding hydrogens is 400 g/mol. The Morgan fingerprint density at radius 3 is 2.39 bits per heavy atom. The van der Waals surface area contributed by atoms with Crippen molar-refractivity contribution >= 4 is 15.7 Å². The number of likely N-dealkylation sites (tertiary alicyclic amines) is 1. The molecule has 1 atom stereocenters. The van der Waals surface area contributed by atoms with Crippen LogP contribution in [0.4, 0.5) is 23.2 Å². The number of ether oxygens (including phenoxy) is 1. The number of hydrogen-bond donors (Lipinski definition) is 1.